The smallest absolute Gasteiger partial charge is 0.124 e. The Labute approximate surface area is 103 Å². The number of rotatable bonds is 3. The molecule has 0 aliphatic heterocycles. The van der Waals surface area contributed by atoms with Gasteiger partial charge < -0.3 is 9.84 Å². The molecule has 1 aromatic carbocycles. The second-order valence-corrected chi connectivity index (χ2v) is 4.14. The summed E-state index contributed by atoms with van der Waals surface area (Å²) in [6, 6.07) is 6.79. The predicted molar refractivity (Wildman–Crippen MR) is 62.5 cm³/mol. The van der Waals surface area contributed by atoms with Crippen molar-refractivity contribution in [3.05, 3.63) is 39.4 Å². The van der Waals surface area contributed by atoms with Gasteiger partial charge in [-0.3, -0.25) is 0 Å². The minimum absolute atomic E-state index is 0.00324. The molecule has 0 saturated carbocycles. The standard InChI is InChI=1S/C10H9Cl3O2/c1-15-7-4-2-6(3-5-7)9(14)8(11)10(12)13/h2-5,9,14H,1H3. The van der Waals surface area contributed by atoms with E-state index in [1.54, 1.807) is 31.4 Å². The van der Waals surface area contributed by atoms with Crippen molar-refractivity contribution < 1.29 is 9.84 Å². The fraction of sp³-hybridized carbons (Fsp3) is 0.200. The van der Waals surface area contributed by atoms with E-state index in [1.165, 1.54) is 0 Å². The van der Waals surface area contributed by atoms with Gasteiger partial charge in [0, 0.05) is 0 Å². The Bertz CT molecular complexity index is 355. The SMILES string of the molecule is COc1ccc(C(O)C(Cl)=C(Cl)Cl)cc1. The van der Waals surface area contributed by atoms with E-state index in [-0.39, 0.29) is 9.52 Å². The molecule has 15 heavy (non-hydrogen) atoms. The second-order valence-electron chi connectivity index (χ2n) is 2.78. The molecule has 1 atom stereocenters. The van der Waals surface area contributed by atoms with Gasteiger partial charge in [0.1, 0.15) is 16.3 Å². The molecule has 1 N–H and O–H groups in total. The normalized spacial score (nSPS) is 12.1. The molecule has 82 valence electrons. The molecule has 0 aromatic heterocycles. The molecule has 0 amide bonds. The Morgan fingerprint density at radius 1 is 1.20 bits per heavy atom. The van der Waals surface area contributed by atoms with E-state index in [1.807, 2.05) is 0 Å². The summed E-state index contributed by atoms with van der Waals surface area (Å²) in [5, 5.41) is 9.73. The molecule has 0 saturated heterocycles. The maximum absolute atomic E-state index is 9.72. The fourth-order valence-corrected chi connectivity index (χ4v) is 1.37. The van der Waals surface area contributed by atoms with Crippen LogP contribution in [-0.2, 0) is 0 Å². The molecule has 1 rings (SSSR count). The minimum Gasteiger partial charge on any atom is -0.497 e. The predicted octanol–water partition coefficient (Wildman–Crippen LogP) is 3.61. The average Bonchev–Trinajstić information content (AvgIpc) is 2.27. The molecule has 0 spiro atoms. The third-order valence-electron chi connectivity index (χ3n) is 1.85. The first-order valence-electron chi connectivity index (χ1n) is 4.09. The van der Waals surface area contributed by atoms with E-state index in [0.29, 0.717) is 11.3 Å². The fourth-order valence-electron chi connectivity index (χ4n) is 1.04. The molecule has 0 fully saturated rings. The van der Waals surface area contributed by atoms with Gasteiger partial charge in [-0.05, 0) is 17.7 Å². The van der Waals surface area contributed by atoms with Crippen LogP contribution in [0.2, 0.25) is 0 Å². The first-order valence-corrected chi connectivity index (χ1v) is 5.22. The zero-order valence-electron chi connectivity index (χ0n) is 7.88. The van der Waals surface area contributed by atoms with Crippen molar-refractivity contribution in [1.29, 1.82) is 0 Å². The van der Waals surface area contributed by atoms with Crippen LogP contribution in [0.25, 0.3) is 0 Å². The van der Waals surface area contributed by atoms with Crippen molar-refractivity contribution in [3.8, 4) is 5.75 Å². The summed E-state index contributed by atoms with van der Waals surface area (Å²) < 4.78 is 4.84. The summed E-state index contributed by atoms with van der Waals surface area (Å²) in [6.45, 7) is 0. The van der Waals surface area contributed by atoms with Crippen LogP contribution in [0.15, 0.2) is 33.8 Å². The molecular formula is C10H9Cl3O2. The van der Waals surface area contributed by atoms with Crippen LogP contribution in [0.3, 0.4) is 0 Å². The van der Waals surface area contributed by atoms with Crippen LogP contribution in [0.5, 0.6) is 5.75 Å². The van der Waals surface area contributed by atoms with Crippen LogP contribution in [0.4, 0.5) is 0 Å². The van der Waals surface area contributed by atoms with Gasteiger partial charge in [0.2, 0.25) is 0 Å². The van der Waals surface area contributed by atoms with E-state index < -0.39 is 6.10 Å². The van der Waals surface area contributed by atoms with Crippen LogP contribution < -0.4 is 4.74 Å². The van der Waals surface area contributed by atoms with Crippen molar-refractivity contribution in [2.24, 2.45) is 0 Å². The lowest BCUT2D eigenvalue weighted by Crippen LogP contribution is -1.97. The van der Waals surface area contributed by atoms with Gasteiger partial charge in [-0.15, -0.1) is 0 Å². The number of hydrogen-bond donors (Lipinski definition) is 1. The Balaban J connectivity index is 2.92. The van der Waals surface area contributed by atoms with E-state index in [2.05, 4.69) is 0 Å². The Hall–Kier alpha value is -0.410. The molecule has 1 unspecified atom stereocenters. The highest BCUT2D eigenvalue weighted by Crippen LogP contribution is 2.31. The largest absolute Gasteiger partial charge is 0.497 e. The van der Waals surface area contributed by atoms with Crippen molar-refractivity contribution in [2.45, 2.75) is 6.10 Å². The Kier molecular flexibility index (Phi) is 4.74. The highest BCUT2D eigenvalue weighted by molar-refractivity contribution is 6.59. The molecular weight excluding hydrogens is 258 g/mol. The summed E-state index contributed by atoms with van der Waals surface area (Å²) in [4.78, 5) is 0. The van der Waals surface area contributed by atoms with E-state index in [9.17, 15) is 5.11 Å². The molecule has 1 aromatic rings. The molecule has 0 aliphatic rings. The summed E-state index contributed by atoms with van der Waals surface area (Å²) in [5.74, 6) is 0.697. The Morgan fingerprint density at radius 2 is 1.73 bits per heavy atom. The van der Waals surface area contributed by atoms with Gasteiger partial charge in [0.15, 0.2) is 0 Å². The van der Waals surface area contributed by atoms with Crippen LogP contribution in [-0.4, -0.2) is 12.2 Å². The number of halogens is 3. The van der Waals surface area contributed by atoms with Gasteiger partial charge in [0.05, 0.1) is 12.1 Å². The number of aliphatic hydroxyl groups is 1. The summed E-state index contributed by atoms with van der Waals surface area (Å²) in [6.07, 6.45) is -1.01. The number of methoxy groups -OCH3 is 1. The lowest BCUT2D eigenvalue weighted by atomic mass is 10.1. The van der Waals surface area contributed by atoms with Crippen LogP contribution in [0, 0.1) is 0 Å². The topological polar surface area (TPSA) is 29.5 Å². The average molecular weight is 268 g/mol. The number of benzene rings is 1. The van der Waals surface area contributed by atoms with Crippen LogP contribution in [0.1, 0.15) is 11.7 Å². The molecule has 0 heterocycles. The zero-order chi connectivity index (χ0) is 11.4. The molecule has 0 bridgehead atoms. The first kappa shape index (κ1) is 12.7. The van der Waals surface area contributed by atoms with E-state index in [4.69, 9.17) is 39.5 Å². The summed E-state index contributed by atoms with van der Waals surface area (Å²) in [7, 11) is 1.56. The maximum atomic E-state index is 9.72. The van der Waals surface area contributed by atoms with Crippen molar-refractivity contribution in [3.63, 3.8) is 0 Å². The lowest BCUT2D eigenvalue weighted by molar-refractivity contribution is 0.223. The molecule has 5 heteroatoms. The number of aliphatic hydroxyl groups excluding tert-OH is 1. The van der Waals surface area contributed by atoms with Crippen molar-refractivity contribution in [1.82, 2.24) is 0 Å². The zero-order valence-corrected chi connectivity index (χ0v) is 10.1. The summed E-state index contributed by atoms with van der Waals surface area (Å²) >= 11 is 16.6. The minimum atomic E-state index is -1.01. The van der Waals surface area contributed by atoms with E-state index in [0.717, 1.165) is 0 Å². The molecule has 0 aliphatic carbocycles. The van der Waals surface area contributed by atoms with Crippen LogP contribution >= 0.6 is 34.8 Å². The second kappa shape index (κ2) is 5.61. The van der Waals surface area contributed by atoms with Gasteiger partial charge >= 0.3 is 0 Å². The lowest BCUT2D eigenvalue weighted by Gasteiger charge is -2.10. The van der Waals surface area contributed by atoms with Crippen molar-refractivity contribution in [2.75, 3.05) is 7.11 Å². The molecule has 2 nitrogen and oxygen atoms in total. The van der Waals surface area contributed by atoms with Crippen molar-refractivity contribution >= 4 is 34.8 Å². The number of ether oxygens (including phenoxy) is 1. The third-order valence-corrected chi connectivity index (χ3v) is 2.85. The first-order chi connectivity index (χ1) is 7.06. The summed E-state index contributed by atoms with van der Waals surface area (Å²) in [5.41, 5.74) is 0.597. The molecule has 0 radical (unpaired) electrons. The number of hydrogen-bond acceptors (Lipinski definition) is 2. The maximum Gasteiger partial charge on any atom is 0.124 e. The quantitative estimate of drug-likeness (QED) is 0.906. The third kappa shape index (κ3) is 3.28. The monoisotopic (exact) mass is 266 g/mol. The van der Waals surface area contributed by atoms with Gasteiger partial charge in [-0.25, -0.2) is 0 Å². The highest BCUT2D eigenvalue weighted by Gasteiger charge is 2.14. The Morgan fingerprint density at radius 3 is 2.13 bits per heavy atom. The highest BCUT2D eigenvalue weighted by atomic mass is 35.5. The van der Waals surface area contributed by atoms with Gasteiger partial charge in [-0.2, -0.15) is 0 Å². The van der Waals surface area contributed by atoms with E-state index >= 15 is 0 Å². The van der Waals surface area contributed by atoms with Gasteiger partial charge in [-0.1, -0.05) is 46.9 Å². The van der Waals surface area contributed by atoms with Gasteiger partial charge in [0.25, 0.3) is 0 Å².